The molecular weight excluding hydrogens is 192 g/mol. The predicted octanol–water partition coefficient (Wildman–Crippen LogP) is 0.901. The number of hydrogen-bond acceptors (Lipinski definition) is 5. The lowest BCUT2D eigenvalue weighted by molar-refractivity contribution is 0.194. The molecule has 1 aliphatic rings. The summed E-state index contributed by atoms with van der Waals surface area (Å²) in [6.45, 7) is 5.48. The molecule has 15 heavy (non-hydrogen) atoms. The van der Waals surface area contributed by atoms with E-state index in [1.54, 1.807) is 0 Å². The van der Waals surface area contributed by atoms with Crippen molar-refractivity contribution >= 4 is 0 Å². The van der Waals surface area contributed by atoms with Crippen LogP contribution in [0.25, 0.3) is 0 Å². The van der Waals surface area contributed by atoms with Gasteiger partial charge in [0.25, 0.3) is 0 Å². The maximum atomic E-state index is 5.42. The SMILES string of the molecule is CC(C)N(Cc1noc(CN)n1)C1CC1. The van der Waals surface area contributed by atoms with E-state index in [1.165, 1.54) is 12.8 Å². The van der Waals surface area contributed by atoms with E-state index in [0.717, 1.165) is 12.4 Å². The molecule has 0 bridgehead atoms. The molecule has 0 aromatic carbocycles. The monoisotopic (exact) mass is 210 g/mol. The Morgan fingerprint density at radius 2 is 2.27 bits per heavy atom. The summed E-state index contributed by atoms with van der Waals surface area (Å²) < 4.78 is 4.98. The van der Waals surface area contributed by atoms with E-state index in [2.05, 4.69) is 28.9 Å². The Balaban J connectivity index is 1.98. The van der Waals surface area contributed by atoms with Crippen molar-refractivity contribution in [1.82, 2.24) is 15.0 Å². The average Bonchev–Trinajstić information content (AvgIpc) is 2.94. The molecule has 0 atom stereocenters. The van der Waals surface area contributed by atoms with Crippen molar-refractivity contribution < 1.29 is 4.52 Å². The van der Waals surface area contributed by atoms with E-state index in [0.29, 0.717) is 24.5 Å². The molecule has 1 aliphatic carbocycles. The van der Waals surface area contributed by atoms with E-state index in [1.807, 2.05) is 0 Å². The summed E-state index contributed by atoms with van der Waals surface area (Å²) in [5.41, 5.74) is 5.42. The molecule has 5 nitrogen and oxygen atoms in total. The molecule has 0 unspecified atom stereocenters. The zero-order chi connectivity index (χ0) is 10.8. The molecular formula is C10H18N4O. The van der Waals surface area contributed by atoms with Crippen LogP contribution in [0, 0.1) is 0 Å². The van der Waals surface area contributed by atoms with Gasteiger partial charge in [-0.25, -0.2) is 0 Å². The van der Waals surface area contributed by atoms with Crippen LogP contribution in [0.5, 0.6) is 0 Å². The second-order valence-corrected chi connectivity index (χ2v) is 4.31. The zero-order valence-electron chi connectivity index (χ0n) is 9.31. The first-order valence-electron chi connectivity index (χ1n) is 5.48. The van der Waals surface area contributed by atoms with E-state index >= 15 is 0 Å². The molecule has 0 saturated heterocycles. The molecule has 0 radical (unpaired) electrons. The molecule has 2 rings (SSSR count). The fourth-order valence-corrected chi connectivity index (χ4v) is 1.74. The first-order chi connectivity index (χ1) is 7.20. The molecule has 5 heteroatoms. The molecule has 0 amide bonds. The maximum absolute atomic E-state index is 5.42. The van der Waals surface area contributed by atoms with Gasteiger partial charge in [0.2, 0.25) is 5.89 Å². The van der Waals surface area contributed by atoms with Crippen LogP contribution in [0.15, 0.2) is 4.52 Å². The number of nitrogens with zero attached hydrogens (tertiary/aromatic N) is 3. The summed E-state index contributed by atoms with van der Waals surface area (Å²) in [6.07, 6.45) is 2.58. The highest BCUT2D eigenvalue weighted by atomic mass is 16.5. The smallest absolute Gasteiger partial charge is 0.240 e. The van der Waals surface area contributed by atoms with Gasteiger partial charge in [-0.2, -0.15) is 4.98 Å². The van der Waals surface area contributed by atoms with Crippen LogP contribution in [0.4, 0.5) is 0 Å². The first-order valence-corrected chi connectivity index (χ1v) is 5.48. The van der Waals surface area contributed by atoms with Crippen LogP contribution in [-0.2, 0) is 13.1 Å². The molecule has 1 saturated carbocycles. The highest BCUT2D eigenvalue weighted by molar-refractivity contribution is 4.92. The molecule has 1 heterocycles. The van der Waals surface area contributed by atoms with Crippen molar-refractivity contribution in [3.8, 4) is 0 Å². The van der Waals surface area contributed by atoms with E-state index < -0.39 is 0 Å². The minimum Gasteiger partial charge on any atom is -0.338 e. The average molecular weight is 210 g/mol. The minimum absolute atomic E-state index is 0.318. The van der Waals surface area contributed by atoms with Crippen molar-refractivity contribution in [2.75, 3.05) is 0 Å². The largest absolute Gasteiger partial charge is 0.338 e. The van der Waals surface area contributed by atoms with E-state index in [4.69, 9.17) is 10.3 Å². The van der Waals surface area contributed by atoms with Crippen LogP contribution < -0.4 is 5.73 Å². The number of hydrogen-bond donors (Lipinski definition) is 1. The molecule has 84 valence electrons. The van der Waals surface area contributed by atoms with Crippen LogP contribution in [0.2, 0.25) is 0 Å². The van der Waals surface area contributed by atoms with Crippen LogP contribution >= 0.6 is 0 Å². The lowest BCUT2D eigenvalue weighted by Crippen LogP contribution is -2.32. The number of nitrogens with two attached hydrogens (primary N) is 1. The van der Waals surface area contributed by atoms with Crippen molar-refractivity contribution in [1.29, 1.82) is 0 Å². The quantitative estimate of drug-likeness (QED) is 0.782. The summed E-state index contributed by atoms with van der Waals surface area (Å²) >= 11 is 0. The van der Waals surface area contributed by atoms with Gasteiger partial charge >= 0.3 is 0 Å². The summed E-state index contributed by atoms with van der Waals surface area (Å²) in [6, 6.07) is 1.24. The van der Waals surface area contributed by atoms with Gasteiger partial charge in [0, 0.05) is 12.1 Å². The van der Waals surface area contributed by atoms with Gasteiger partial charge in [0.15, 0.2) is 5.82 Å². The van der Waals surface area contributed by atoms with Gasteiger partial charge in [-0.3, -0.25) is 4.90 Å². The Labute approximate surface area is 89.6 Å². The Morgan fingerprint density at radius 3 is 2.73 bits per heavy atom. The third kappa shape index (κ3) is 2.54. The van der Waals surface area contributed by atoms with Gasteiger partial charge in [-0.05, 0) is 26.7 Å². The van der Waals surface area contributed by atoms with E-state index in [9.17, 15) is 0 Å². The lowest BCUT2D eigenvalue weighted by Gasteiger charge is -2.24. The van der Waals surface area contributed by atoms with Crippen molar-refractivity contribution in [3.05, 3.63) is 11.7 Å². The predicted molar refractivity (Wildman–Crippen MR) is 55.9 cm³/mol. The first kappa shape index (κ1) is 10.6. The molecule has 1 aromatic heterocycles. The van der Waals surface area contributed by atoms with Gasteiger partial charge in [0.05, 0.1) is 13.1 Å². The Bertz CT molecular complexity index is 317. The zero-order valence-corrected chi connectivity index (χ0v) is 9.31. The fourth-order valence-electron chi connectivity index (χ4n) is 1.74. The Hall–Kier alpha value is -0.940. The summed E-state index contributed by atoms with van der Waals surface area (Å²) in [5.74, 6) is 1.26. The van der Waals surface area contributed by atoms with Gasteiger partial charge in [0.1, 0.15) is 0 Å². The third-order valence-electron chi connectivity index (χ3n) is 2.69. The normalized spacial score (nSPS) is 16.6. The van der Waals surface area contributed by atoms with Crippen LogP contribution in [-0.4, -0.2) is 27.1 Å². The Kier molecular flexibility index (Phi) is 3.02. The standard InChI is InChI=1S/C10H18N4O/c1-7(2)14(8-3-4-8)6-9-12-10(5-11)15-13-9/h7-8H,3-6,11H2,1-2H3. The van der Waals surface area contributed by atoms with Crippen molar-refractivity contribution in [2.24, 2.45) is 5.73 Å². The van der Waals surface area contributed by atoms with Crippen LogP contribution in [0.3, 0.4) is 0 Å². The van der Waals surface area contributed by atoms with Crippen molar-refractivity contribution in [3.63, 3.8) is 0 Å². The highest BCUT2D eigenvalue weighted by Crippen LogP contribution is 2.29. The lowest BCUT2D eigenvalue weighted by atomic mass is 10.3. The molecule has 1 fully saturated rings. The molecule has 1 aromatic rings. The van der Waals surface area contributed by atoms with E-state index in [-0.39, 0.29) is 0 Å². The van der Waals surface area contributed by atoms with Gasteiger partial charge in [-0.1, -0.05) is 5.16 Å². The van der Waals surface area contributed by atoms with Crippen molar-refractivity contribution in [2.45, 2.75) is 51.9 Å². The molecule has 2 N–H and O–H groups in total. The topological polar surface area (TPSA) is 68.2 Å². The molecule has 0 aliphatic heterocycles. The van der Waals surface area contributed by atoms with Gasteiger partial charge < -0.3 is 10.3 Å². The summed E-state index contributed by atoms with van der Waals surface area (Å²) in [7, 11) is 0. The second-order valence-electron chi connectivity index (χ2n) is 4.31. The summed E-state index contributed by atoms with van der Waals surface area (Å²) in [5, 5.41) is 3.91. The fraction of sp³-hybridized carbons (Fsp3) is 0.800. The third-order valence-corrected chi connectivity index (χ3v) is 2.69. The second kappa shape index (κ2) is 4.28. The maximum Gasteiger partial charge on any atom is 0.240 e. The summed E-state index contributed by atoms with van der Waals surface area (Å²) in [4.78, 5) is 6.62. The van der Waals surface area contributed by atoms with Gasteiger partial charge in [-0.15, -0.1) is 0 Å². The number of rotatable bonds is 5. The highest BCUT2D eigenvalue weighted by Gasteiger charge is 2.31. The Morgan fingerprint density at radius 1 is 1.53 bits per heavy atom. The molecule has 0 spiro atoms. The minimum atomic E-state index is 0.318. The number of aromatic nitrogens is 2. The van der Waals surface area contributed by atoms with Crippen LogP contribution in [0.1, 0.15) is 38.4 Å².